The van der Waals surface area contributed by atoms with Gasteiger partial charge < -0.3 is 14.9 Å². The third-order valence-electron chi connectivity index (χ3n) is 3.67. The highest BCUT2D eigenvalue weighted by molar-refractivity contribution is 8.76. The van der Waals surface area contributed by atoms with Crippen molar-refractivity contribution >= 4 is 21.6 Å². The van der Waals surface area contributed by atoms with Gasteiger partial charge in [-0.05, 0) is 31.6 Å². The first-order valence-electron chi connectivity index (χ1n) is 7.66. The van der Waals surface area contributed by atoms with Crippen molar-refractivity contribution in [3.8, 4) is 0 Å². The Hall–Kier alpha value is -0.600. The van der Waals surface area contributed by atoms with Gasteiger partial charge >= 0.3 is 0 Å². The first-order valence-corrected chi connectivity index (χ1v) is 10.4. The normalized spacial score (nSPS) is 17.9. The Morgan fingerprint density at radius 2 is 1.78 bits per heavy atom. The largest absolute Gasteiger partial charge is 0.391 e. The molecule has 0 aromatic heterocycles. The second-order valence-corrected chi connectivity index (χ2v) is 8.36. The Bertz CT molecular complexity index is 505. The molecule has 0 saturated heterocycles. The standard InChI is InChI=1S/C16H24N2O3S2/c1-16(17-18-16)13-6-3-12(4-7-13)5-8-14(19)9-21-10-15(20)11-23-22-2/h3-4,6-7,14-15,19-20H,5,8-11H2,1-2H3. The molecule has 128 valence electrons. The monoisotopic (exact) mass is 356 g/mol. The van der Waals surface area contributed by atoms with Crippen LogP contribution in [0.15, 0.2) is 34.5 Å². The topological polar surface area (TPSA) is 74.4 Å². The fraction of sp³-hybridized carbons (Fsp3) is 0.625. The van der Waals surface area contributed by atoms with E-state index in [-0.39, 0.29) is 18.9 Å². The second-order valence-electron chi connectivity index (χ2n) is 5.75. The van der Waals surface area contributed by atoms with Crippen LogP contribution in [0.25, 0.3) is 0 Å². The maximum Gasteiger partial charge on any atom is 0.213 e. The molecule has 1 aromatic rings. The number of aliphatic hydroxyl groups is 2. The van der Waals surface area contributed by atoms with E-state index in [1.54, 1.807) is 21.6 Å². The van der Waals surface area contributed by atoms with Crippen LogP contribution < -0.4 is 0 Å². The summed E-state index contributed by atoms with van der Waals surface area (Å²) in [6.45, 7) is 2.51. The van der Waals surface area contributed by atoms with E-state index in [1.165, 1.54) is 5.56 Å². The first-order chi connectivity index (χ1) is 11.0. The van der Waals surface area contributed by atoms with Crippen LogP contribution >= 0.6 is 21.6 Å². The van der Waals surface area contributed by atoms with Crippen LogP contribution in [-0.2, 0) is 16.8 Å². The van der Waals surface area contributed by atoms with Crippen molar-refractivity contribution in [1.82, 2.24) is 0 Å². The minimum Gasteiger partial charge on any atom is -0.391 e. The van der Waals surface area contributed by atoms with E-state index in [4.69, 9.17) is 4.74 Å². The van der Waals surface area contributed by atoms with Gasteiger partial charge in [-0.2, -0.15) is 10.2 Å². The lowest BCUT2D eigenvalue weighted by Gasteiger charge is -2.14. The number of benzene rings is 1. The summed E-state index contributed by atoms with van der Waals surface area (Å²) in [6, 6.07) is 8.19. The Morgan fingerprint density at radius 3 is 2.39 bits per heavy atom. The van der Waals surface area contributed by atoms with Gasteiger partial charge in [0.15, 0.2) is 0 Å². The number of hydrogen-bond acceptors (Lipinski definition) is 7. The van der Waals surface area contributed by atoms with Gasteiger partial charge in [0.25, 0.3) is 0 Å². The van der Waals surface area contributed by atoms with Crippen molar-refractivity contribution in [1.29, 1.82) is 0 Å². The number of ether oxygens (including phenoxy) is 1. The molecule has 0 bridgehead atoms. The third kappa shape index (κ3) is 6.43. The molecule has 2 atom stereocenters. The van der Waals surface area contributed by atoms with Crippen molar-refractivity contribution in [2.75, 3.05) is 25.2 Å². The Labute approximate surface area is 145 Å². The number of rotatable bonds is 11. The van der Waals surface area contributed by atoms with Gasteiger partial charge in [0.05, 0.1) is 25.4 Å². The van der Waals surface area contributed by atoms with Gasteiger partial charge in [-0.3, -0.25) is 0 Å². The smallest absolute Gasteiger partial charge is 0.213 e. The molecule has 0 amide bonds. The summed E-state index contributed by atoms with van der Waals surface area (Å²) in [5.41, 5.74) is 1.94. The van der Waals surface area contributed by atoms with E-state index in [0.29, 0.717) is 12.2 Å². The lowest BCUT2D eigenvalue weighted by atomic mass is 10.0. The predicted molar refractivity (Wildman–Crippen MR) is 95.8 cm³/mol. The molecule has 23 heavy (non-hydrogen) atoms. The predicted octanol–water partition coefficient (Wildman–Crippen LogP) is 3.01. The lowest BCUT2D eigenvalue weighted by Crippen LogP contribution is -2.23. The highest BCUT2D eigenvalue weighted by Crippen LogP contribution is 2.38. The van der Waals surface area contributed by atoms with Crippen LogP contribution in [0.3, 0.4) is 0 Å². The summed E-state index contributed by atoms with van der Waals surface area (Å²) >= 11 is 0. The summed E-state index contributed by atoms with van der Waals surface area (Å²) in [5.74, 6) is 0.640. The number of hydrogen-bond donors (Lipinski definition) is 2. The summed E-state index contributed by atoms with van der Waals surface area (Å²) in [6.07, 6.45) is 2.41. The lowest BCUT2D eigenvalue weighted by molar-refractivity contribution is -0.00291. The zero-order valence-electron chi connectivity index (χ0n) is 13.5. The quantitative estimate of drug-likeness (QED) is 0.596. The first kappa shape index (κ1) is 18.7. The van der Waals surface area contributed by atoms with Crippen LogP contribution in [0.4, 0.5) is 0 Å². The fourth-order valence-corrected chi connectivity index (χ4v) is 3.40. The SMILES string of the molecule is CSSCC(O)COCC(O)CCc1ccc(C2(C)N=N2)cc1. The van der Waals surface area contributed by atoms with Gasteiger partial charge in [0.1, 0.15) is 0 Å². The highest BCUT2D eigenvalue weighted by atomic mass is 33.1. The molecule has 0 spiro atoms. The number of aryl methyl sites for hydroxylation is 1. The highest BCUT2D eigenvalue weighted by Gasteiger charge is 2.35. The Kier molecular flexibility index (Phi) is 7.36. The summed E-state index contributed by atoms with van der Waals surface area (Å²) < 4.78 is 5.37. The van der Waals surface area contributed by atoms with Crippen molar-refractivity contribution in [3.63, 3.8) is 0 Å². The van der Waals surface area contributed by atoms with Crippen molar-refractivity contribution < 1.29 is 14.9 Å². The fourth-order valence-electron chi connectivity index (χ4n) is 2.13. The molecule has 0 fully saturated rings. The van der Waals surface area contributed by atoms with E-state index in [9.17, 15) is 10.2 Å². The van der Waals surface area contributed by atoms with Gasteiger partial charge in [0.2, 0.25) is 5.66 Å². The van der Waals surface area contributed by atoms with Crippen LogP contribution in [0.2, 0.25) is 0 Å². The molecular formula is C16H24N2O3S2. The van der Waals surface area contributed by atoms with E-state index in [1.807, 2.05) is 25.3 Å². The molecule has 7 heteroatoms. The van der Waals surface area contributed by atoms with Crippen molar-refractivity contribution in [2.24, 2.45) is 10.2 Å². The number of nitrogens with zero attached hydrogens (tertiary/aromatic N) is 2. The van der Waals surface area contributed by atoms with E-state index >= 15 is 0 Å². The molecule has 1 heterocycles. The van der Waals surface area contributed by atoms with Crippen LogP contribution in [-0.4, -0.2) is 47.6 Å². The van der Waals surface area contributed by atoms with E-state index < -0.39 is 12.2 Å². The van der Waals surface area contributed by atoms with Crippen LogP contribution in [0.1, 0.15) is 24.5 Å². The molecule has 0 saturated carbocycles. The average molecular weight is 357 g/mol. The summed E-state index contributed by atoms with van der Waals surface area (Å²) in [7, 11) is 3.22. The van der Waals surface area contributed by atoms with E-state index in [0.717, 1.165) is 12.0 Å². The van der Waals surface area contributed by atoms with Gasteiger partial charge in [-0.25, -0.2) is 0 Å². The minimum atomic E-state index is -0.513. The molecule has 1 aromatic carbocycles. The maximum atomic E-state index is 9.95. The maximum absolute atomic E-state index is 9.95. The molecule has 2 rings (SSSR count). The van der Waals surface area contributed by atoms with Crippen molar-refractivity contribution in [2.45, 2.75) is 37.6 Å². The molecular weight excluding hydrogens is 332 g/mol. The second kappa shape index (κ2) is 9.03. The summed E-state index contributed by atoms with van der Waals surface area (Å²) in [5, 5.41) is 27.6. The average Bonchev–Trinajstić information content (AvgIpc) is 3.30. The van der Waals surface area contributed by atoms with Crippen LogP contribution in [0.5, 0.6) is 0 Å². The van der Waals surface area contributed by atoms with Crippen LogP contribution in [0, 0.1) is 0 Å². The molecule has 1 aliphatic heterocycles. The van der Waals surface area contributed by atoms with Gasteiger partial charge in [-0.15, -0.1) is 0 Å². The molecule has 5 nitrogen and oxygen atoms in total. The third-order valence-corrected chi connectivity index (χ3v) is 5.54. The molecule has 0 radical (unpaired) electrons. The Morgan fingerprint density at radius 1 is 1.13 bits per heavy atom. The Balaban J connectivity index is 1.61. The zero-order chi connectivity index (χ0) is 16.7. The summed E-state index contributed by atoms with van der Waals surface area (Å²) in [4.78, 5) is 0. The van der Waals surface area contributed by atoms with Crippen molar-refractivity contribution in [3.05, 3.63) is 35.4 Å². The molecule has 1 aliphatic rings. The minimum absolute atomic E-state index is 0.259. The van der Waals surface area contributed by atoms with E-state index in [2.05, 4.69) is 22.4 Å². The van der Waals surface area contributed by atoms with Gasteiger partial charge in [0, 0.05) is 11.3 Å². The van der Waals surface area contributed by atoms with Gasteiger partial charge in [-0.1, -0.05) is 45.9 Å². The molecule has 2 unspecified atom stereocenters. The zero-order valence-corrected chi connectivity index (χ0v) is 15.1. The molecule has 0 aliphatic carbocycles. The molecule has 2 N–H and O–H groups in total. The number of aliphatic hydroxyl groups excluding tert-OH is 2.